The maximum atomic E-state index is 12.0. The maximum Gasteiger partial charge on any atom is 0.236 e. The molecule has 2 aliphatic rings. The summed E-state index contributed by atoms with van der Waals surface area (Å²) in [5, 5.41) is 3.24. The summed E-state index contributed by atoms with van der Waals surface area (Å²) in [4.78, 5) is 16.3. The van der Waals surface area contributed by atoms with Gasteiger partial charge in [-0.15, -0.1) is 0 Å². The molecular weight excluding hydrogens is 214 g/mol. The lowest BCUT2D eigenvalue weighted by Gasteiger charge is -2.32. The number of hydrogen-bond donors (Lipinski definition) is 1. The number of nitrogens with zero attached hydrogens (tertiary/aromatic N) is 2. The Kier molecular flexibility index (Phi) is 4.80. The Balaban J connectivity index is 1.68. The van der Waals surface area contributed by atoms with Gasteiger partial charge in [0.05, 0.1) is 6.54 Å². The van der Waals surface area contributed by atoms with Crippen molar-refractivity contribution in [3.05, 3.63) is 0 Å². The highest BCUT2D eigenvalue weighted by atomic mass is 16.2. The van der Waals surface area contributed by atoms with Gasteiger partial charge in [0.25, 0.3) is 0 Å². The van der Waals surface area contributed by atoms with Crippen LogP contribution >= 0.6 is 0 Å². The van der Waals surface area contributed by atoms with Crippen molar-refractivity contribution in [2.45, 2.75) is 25.7 Å². The summed E-state index contributed by atoms with van der Waals surface area (Å²) < 4.78 is 0. The normalized spacial score (nSPS) is 23.2. The van der Waals surface area contributed by atoms with Crippen molar-refractivity contribution >= 4 is 5.91 Å². The van der Waals surface area contributed by atoms with Crippen molar-refractivity contribution in [2.24, 2.45) is 5.92 Å². The van der Waals surface area contributed by atoms with Gasteiger partial charge in [0.2, 0.25) is 5.91 Å². The van der Waals surface area contributed by atoms with Gasteiger partial charge in [-0.1, -0.05) is 0 Å². The van der Waals surface area contributed by atoms with Crippen molar-refractivity contribution in [1.29, 1.82) is 0 Å². The fourth-order valence-corrected chi connectivity index (χ4v) is 2.90. The van der Waals surface area contributed by atoms with Crippen LogP contribution in [0.4, 0.5) is 0 Å². The third-order valence-electron chi connectivity index (χ3n) is 4.02. The van der Waals surface area contributed by atoms with E-state index in [0.29, 0.717) is 12.5 Å². The van der Waals surface area contributed by atoms with Crippen molar-refractivity contribution in [3.63, 3.8) is 0 Å². The zero-order valence-corrected chi connectivity index (χ0v) is 11.0. The monoisotopic (exact) mass is 239 g/mol. The molecule has 0 unspecified atom stereocenters. The summed E-state index contributed by atoms with van der Waals surface area (Å²) >= 11 is 0. The van der Waals surface area contributed by atoms with Crippen LogP contribution in [-0.2, 0) is 4.79 Å². The number of nitrogens with one attached hydrogen (secondary N) is 1. The summed E-state index contributed by atoms with van der Waals surface area (Å²) in [5.41, 5.74) is 0. The van der Waals surface area contributed by atoms with E-state index in [1.165, 1.54) is 25.7 Å². The van der Waals surface area contributed by atoms with E-state index in [1.807, 2.05) is 11.9 Å². The lowest BCUT2D eigenvalue weighted by Crippen LogP contribution is -2.43. The van der Waals surface area contributed by atoms with Gasteiger partial charge in [-0.2, -0.15) is 0 Å². The highest BCUT2D eigenvalue weighted by Crippen LogP contribution is 2.16. The number of carbonyl (C=O) groups excluding carboxylic acids is 1. The van der Waals surface area contributed by atoms with Gasteiger partial charge in [0, 0.05) is 13.1 Å². The first-order valence-corrected chi connectivity index (χ1v) is 6.94. The Labute approximate surface area is 104 Å². The Bertz CT molecular complexity index is 243. The van der Waals surface area contributed by atoms with E-state index in [1.54, 1.807) is 0 Å². The van der Waals surface area contributed by atoms with E-state index >= 15 is 0 Å². The third kappa shape index (κ3) is 3.68. The minimum atomic E-state index is 0.342. The molecule has 2 rings (SSSR count). The van der Waals surface area contributed by atoms with E-state index < -0.39 is 0 Å². The van der Waals surface area contributed by atoms with E-state index in [9.17, 15) is 4.79 Å². The molecule has 98 valence electrons. The maximum absolute atomic E-state index is 12.0. The summed E-state index contributed by atoms with van der Waals surface area (Å²) in [5.74, 6) is 1.15. The van der Waals surface area contributed by atoms with Crippen molar-refractivity contribution < 1.29 is 4.79 Å². The van der Waals surface area contributed by atoms with Crippen LogP contribution in [0, 0.1) is 5.92 Å². The van der Waals surface area contributed by atoms with E-state index in [0.717, 1.165) is 38.6 Å². The quantitative estimate of drug-likeness (QED) is 0.778. The molecule has 2 heterocycles. The fourth-order valence-electron chi connectivity index (χ4n) is 2.90. The molecule has 0 aromatic carbocycles. The Morgan fingerprint density at radius 1 is 1.18 bits per heavy atom. The number of amides is 1. The average molecular weight is 239 g/mol. The van der Waals surface area contributed by atoms with Gasteiger partial charge in [0.15, 0.2) is 0 Å². The van der Waals surface area contributed by atoms with Crippen LogP contribution in [-0.4, -0.2) is 62.0 Å². The van der Waals surface area contributed by atoms with Gasteiger partial charge in [-0.05, 0) is 58.3 Å². The molecule has 4 heteroatoms. The lowest BCUT2D eigenvalue weighted by atomic mass is 9.97. The standard InChI is InChI=1S/C13H25N3O/c1-14-10-12-4-8-15(9-5-12)11-13(17)16-6-2-3-7-16/h12,14H,2-11H2,1H3. The number of likely N-dealkylation sites (tertiary alicyclic amines) is 2. The summed E-state index contributed by atoms with van der Waals surface area (Å²) in [6.45, 7) is 5.90. The van der Waals surface area contributed by atoms with Crippen LogP contribution in [0.2, 0.25) is 0 Å². The van der Waals surface area contributed by atoms with Gasteiger partial charge in [0.1, 0.15) is 0 Å². The smallest absolute Gasteiger partial charge is 0.236 e. The molecule has 17 heavy (non-hydrogen) atoms. The molecule has 0 bridgehead atoms. The zero-order chi connectivity index (χ0) is 12.1. The number of carbonyl (C=O) groups is 1. The number of piperidine rings is 1. The summed E-state index contributed by atoms with van der Waals surface area (Å²) in [6, 6.07) is 0. The first-order chi connectivity index (χ1) is 8.29. The third-order valence-corrected chi connectivity index (χ3v) is 4.02. The van der Waals surface area contributed by atoms with Gasteiger partial charge in [-0.25, -0.2) is 0 Å². The van der Waals surface area contributed by atoms with Gasteiger partial charge in [-0.3, -0.25) is 9.69 Å². The molecule has 0 aromatic heterocycles. The number of hydrogen-bond acceptors (Lipinski definition) is 3. The van der Waals surface area contributed by atoms with Gasteiger partial charge >= 0.3 is 0 Å². The second-order valence-electron chi connectivity index (χ2n) is 5.37. The molecule has 2 saturated heterocycles. The first kappa shape index (κ1) is 12.8. The minimum absolute atomic E-state index is 0.342. The molecular formula is C13H25N3O. The molecule has 1 amide bonds. The second-order valence-corrected chi connectivity index (χ2v) is 5.37. The van der Waals surface area contributed by atoms with E-state index in [4.69, 9.17) is 0 Å². The fraction of sp³-hybridized carbons (Fsp3) is 0.923. The molecule has 4 nitrogen and oxygen atoms in total. The molecule has 0 saturated carbocycles. The first-order valence-electron chi connectivity index (χ1n) is 6.94. The topological polar surface area (TPSA) is 35.6 Å². The zero-order valence-electron chi connectivity index (χ0n) is 11.0. The molecule has 0 aromatic rings. The second kappa shape index (κ2) is 6.36. The highest BCUT2D eigenvalue weighted by molar-refractivity contribution is 5.78. The molecule has 1 N–H and O–H groups in total. The van der Waals surface area contributed by atoms with Crippen LogP contribution in [0.1, 0.15) is 25.7 Å². The summed E-state index contributed by atoms with van der Waals surface area (Å²) in [7, 11) is 2.02. The predicted molar refractivity (Wildman–Crippen MR) is 68.9 cm³/mol. The van der Waals surface area contributed by atoms with Gasteiger partial charge < -0.3 is 10.2 Å². The summed E-state index contributed by atoms with van der Waals surface area (Å²) in [6.07, 6.45) is 4.84. The minimum Gasteiger partial charge on any atom is -0.342 e. The Morgan fingerprint density at radius 3 is 2.41 bits per heavy atom. The molecule has 0 radical (unpaired) electrons. The Morgan fingerprint density at radius 2 is 1.82 bits per heavy atom. The van der Waals surface area contributed by atoms with Crippen LogP contribution in [0.15, 0.2) is 0 Å². The Hall–Kier alpha value is -0.610. The molecule has 0 atom stereocenters. The number of rotatable bonds is 4. The van der Waals surface area contributed by atoms with E-state index in [2.05, 4.69) is 10.2 Å². The SMILES string of the molecule is CNCC1CCN(CC(=O)N2CCCC2)CC1. The van der Waals surface area contributed by atoms with E-state index in [-0.39, 0.29) is 0 Å². The molecule has 2 aliphatic heterocycles. The van der Waals surface area contributed by atoms with Crippen LogP contribution in [0.5, 0.6) is 0 Å². The molecule has 0 aliphatic carbocycles. The lowest BCUT2D eigenvalue weighted by molar-refractivity contribution is -0.131. The van der Waals surface area contributed by atoms with Crippen LogP contribution in [0.3, 0.4) is 0 Å². The van der Waals surface area contributed by atoms with Crippen LogP contribution < -0.4 is 5.32 Å². The van der Waals surface area contributed by atoms with Crippen molar-refractivity contribution in [3.8, 4) is 0 Å². The van der Waals surface area contributed by atoms with Crippen LogP contribution in [0.25, 0.3) is 0 Å². The molecule has 0 spiro atoms. The van der Waals surface area contributed by atoms with Crippen molar-refractivity contribution in [1.82, 2.24) is 15.1 Å². The average Bonchev–Trinajstić information content (AvgIpc) is 2.86. The molecule has 2 fully saturated rings. The predicted octanol–water partition coefficient (Wildman–Crippen LogP) is 0.540. The van der Waals surface area contributed by atoms with Crippen molar-refractivity contribution in [2.75, 3.05) is 46.3 Å². The largest absolute Gasteiger partial charge is 0.342 e. The highest BCUT2D eigenvalue weighted by Gasteiger charge is 2.23.